The number of carboxylic acids is 1. The summed E-state index contributed by atoms with van der Waals surface area (Å²) in [6.45, 7) is 3.13. The van der Waals surface area contributed by atoms with Crippen molar-refractivity contribution in [3.63, 3.8) is 0 Å². The average Bonchev–Trinajstić information content (AvgIpc) is 3.06. The van der Waals surface area contributed by atoms with Crippen LogP contribution < -0.4 is 10.0 Å². The number of ether oxygens (including phenoxy) is 5. The van der Waals surface area contributed by atoms with E-state index in [0.29, 0.717) is 45.7 Å². The minimum Gasteiger partial charge on any atom is -0.480 e. The summed E-state index contributed by atoms with van der Waals surface area (Å²) in [6, 6.07) is 10.6. The van der Waals surface area contributed by atoms with Crippen molar-refractivity contribution in [2.45, 2.75) is 37.5 Å². The van der Waals surface area contributed by atoms with Crippen molar-refractivity contribution in [1.82, 2.24) is 10.3 Å². The van der Waals surface area contributed by atoms with E-state index in [0.717, 1.165) is 0 Å². The fraction of sp³-hybridized carbons (Fsp3) is 0.500. The molecule has 0 aliphatic rings. The predicted molar refractivity (Wildman–Crippen MR) is 176 cm³/mol. The van der Waals surface area contributed by atoms with Gasteiger partial charge in [0.25, 0.3) is 15.9 Å². The van der Waals surface area contributed by atoms with Crippen molar-refractivity contribution >= 4 is 45.1 Å². The van der Waals surface area contributed by atoms with E-state index in [9.17, 15) is 32.4 Å². The lowest BCUT2D eigenvalue weighted by molar-refractivity contribution is -0.141. The van der Waals surface area contributed by atoms with Gasteiger partial charge in [-0.15, -0.1) is 0 Å². The minimum absolute atomic E-state index is 0.00911. The molecule has 2 rings (SSSR count). The van der Waals surface area contributed by atoms with Gasteiger partial charge in [0.2, 0.25) is 0 Å². The molecule has 0 aliphatic heterocycles. The number of nitrogens with one attached hydrogen (secondary N) is 2. The van der Waals surface area contributed by atoms with E-state index >= 15 is 0 Å². The quantitative estimate of drug-likeness (QED) is 0.118. The third kappa shape index (κ3) is 22.2. The van der Waals surface area contributed by atoms with Crippen molar-refractivity contribution in [2.24, 2.45) is 0 Å². The number of benzene rings is 1. The van der Waals surface area contributed by atoms with Crippen LogP contribution in [0, 0.1) is 0 Å². The van der Waals surface area contributed by atoms with Gasteiger partial charge in [0.15, 0.2) is 17.3 Å². The summed E-state index contributed by atoms with van der Waals surface area (Å²) in [7, 11) is -2.46. The number of amides is 1. The zero-order valence-electron chi connectivity index (χ0n) is 27.7. The molecular formula is C32H45N3O13S. The van der Waals surface area contributed by atoms with Crippen LogP contribution in [0.25, 0.3) is 0 Å². The Morgan fingerprint density at radius 1 is 0.755 bits per heavy atom. The highest BCUT2D eigenvalue weighted by molar-refractivity contribution is 7.92. The van der Waals surface area contributed by atoms with E-state index in [1.165, 1.54) is 44.5 Å². The maximum atomic E-state index is 12.4. The summed E-state index contributed by atoms with van der Waals surface area (Å²) in [4.78, 5) is 60.4. The lowest BCUT2D eigenvalue weighted by atomic mass is 10.2. The Morgan fingerprint density at radius 3 is 1.88 bits per heavy atom. The van der Waals surface area contributed by atoms with Crippen LogP contribution in [-0.2, 0) is 52.9 Å². The number of rotatable bonds is 26. The molecule has 0 saturated heterocycles. The number of ketones is 3. The number of methoxy groups -OCH3 is 1. The Morgan fingerprint density at radius 2 is 1.35 bits per heavy atom. The van der Waals surface area contributed by atoms with Gasteiger partial charge in [0, 0.05) is 39.4 Å². The van der Waals surface area contributed by atoms with Crippen LogP contribution in [0.2, 0.25) is 0 Å². The van der Waals surface area contributed by atoms with Gasteiger partial charge in [-0.1, -0.05) is 18.2 Å². The fourth-order valence-corrected chi connectivity index (χ4v) is 4.56. The van der Waals surface area contributed by atoms with E-state index in [2.05, 4.69) is 19.8 Å². The number of carbonyl (C=O) groups excluding carboxylic acids is 4. The molecule has 3 N–H and O–H groups in total. The fourth-order valence-electron chi connectivity index (χ4n) is 3.53. The smallest absolute Gasteiger partial charge is 0.329 e. The second-order valence-corrected chi connectivity index (χ2v) is 11.9. The number of Topliss-reactive ketones (excluding diaryl/α,β-unsaturated/α-hetero) is 3. The zero-order chi connectivity index (χ0) is 36.3. The van der Waals surface area contributed by atoms with Gasteiger partial charge in [-0.3, -0.25) is 23.9 Å². The molecule has 2 aromatic rings. The normalized spacial score (nSPS) is 10.8. The summed E-state index contributed by atoms with van der Waals surface area (Å²) in [6.07, 6.45) is 2.81. The molecule has 0 bridgehead atoms. The van der Waals surface area contributed by atoms with Gasteiger partial charge in [0.1, 0.15) is 25.6 Å². The second-order valence-electron chi connectivity index (χ2n) is 10.2. The number of pyridine rings is 1. The van der Waals surface area contributed by atoms with E-state index < -0.39 is 21.9 Å². The maximum absolute atomic E-state index is 12.4. The predicted octanol–water partition coefficient (Wildman–Crippen LogP) is 1.68. The topological polar surface area (TPSA) is 223 Å². The van der Waals surface area contributed by atoms with Crippen LogP contribution in [0.4, 0.5) is 5.82 Å². The SMILES string of the molecule is CC(=O)COCCOCCCC(=O)COCCOCCCC(=O)CNC(=O)c1ccc(NS(=O)(=O)c2ccccc2)nc1.COCC(=O)O. The lowest BCUT2D eigenvalue weighted by Gasteiger charge is -2.08. The number of carboxylic acid groups (broad SMARTS) is 1. The van der Waals surface area contributed by atoms with E-state index in [1.807, 2.05) is 0 Å². The molecule has 1 aromatic carbocycles. The van der Waals surface area contributed by atoms with Crippen LogP contribution >= 0.6 is 0 Å². The monoisotopic (exact) mass is 711 g/mol. The van der Waals surface area contributed by atoms with Crippen molar-refractivity contribution in [3.05, 3.63) is 54.2 Å². The summed E-state index contributed by atoms with van der Waals surface area (Å²) >= 11 is 0. The first-order valence-electron chi connectivity index (χ1n) is 15.3. The molecule has 1 heterocycles. The molecule has 49 heavy (non-hydrogen) atoms. The first-order chi connectivity index (χ1) is 23.4. The number of aromatic nitrogens is 1. The average molecular weight is 712 g/mol. The Hall–Kier alpha value is -4.13. The van der Waals surface area contributed by atoms with Crippen LogP contribution in [0.1, 0.15) is 43.0 Å². The highest BCUT2D eigenvalue weighted by Crippen LogP contribution is 2.14. The number of hydrogen-bond acceptors (Lipinski definition) is 13. The number of hydrogen-bond donors (Lipinski definition) is 3. The van der Waals surface area contributed by atoms with Crippen molar-refractivity contribution < 1.29 is 61.2 Å². The number of carbonyl (C=O) groups is 5. The number of nitrogens with zero attached hydrogens (tertiary/aromatic N) is 1. The summed E-state index contributed by atoms with van der Waals surface area (Å²) in [5.41, 5.74) is 0.179. The molecule has 0 radical (unpaired) electrons. The molecule has 17 heteroatoms. The third-order valence-electron chi connectivity index (χ3n) is 5.83. The van der Waals surface area contributed by atoms with Crippen LogP contribution in [-0.4, -0.2) is 121 Å². The second kappa shape index (κ2) is 25.8. The molecule has 0 unspecified atom stereocenters. The molecule has 0 saturated carbocycles. The maximum Gasteiger partial charge on any atom is 0.329 e. The molecule has 1 aromatic heterocycles. The standard InChI is InChI=1S/C29H39N3O10S.C3H6O3/c1-23(33)21-41-17-15-40-14-6-8-26(35)22-42-18-16-39-13-5-7-25(34)20-31-29(36)24-11-12-28(30-19-24)32-43(37,38)27-9-3-2-4-10-27;1-6-2-3(4)5/h2-4,9-12,19H,5-8,13-18,20-22H2,1H3,(H,30,32)(H,31,36);2H2,1H3,(H,4,5). The third-order valence-corrected chi connectivity index (χ3v) is 7.20. The van der Waals surface area contributed by atoms with E-state index in [-0.39, 0.29) is 79.6 Å². The van der Waals surface area contributed by atoms with Gasteiger partial charge >= 0.3 is 5.97 Å². The largest absolute Gasteiger partial charge is 0.480 e. The van der Waals surface area contributed by atoms with Crippen molar-refractivity contribution in [3.8, 4) is 0 Å². The summed E-state index contributed by atoms with van der Waals surface area (Å²) < 4.78 is 52.4. The first kappa shape index (κ1) is 42.9. The zero-order valence-corrected chi connectivity index (χ0v) is 28.5. The molecule has 16 nitrogen and oxygen atoms in total. The lowest BCUT2D eigenvalue weighted by Crippen LogP contribution is -2.29. The van der Waals surface area contributed by atoms with Crippen LogP contribution in [0.5, 0.6) is 0 Å². The van der Waals surface area contributed by atoms with E-state index in [1.54, 1.807) is 18.2 Å². The number of aliphatic carboxylic acids is 1. The molecule has 1 amide bonds. The Kier molecular flexibility index (Phi) is 22.6. The Labute approximate surface area is 285 Å². The van der Waals surface area contributed by atoms with Gasteiger partial charge in [0.05, 0.1) is 43.4 Å². The Bertz CT molecular complexity index is 1390. The summed E-state index contributed by atoms with van der Waals surface area (Å²) in [5, 5.41) is 10.3. The molecular weight excluding hydrogens is 666 g/mol. The van der Waals surface area contributed by atoms with Crippen LogP contribution in [0.15, 0.2) is 53.6 Å². The highest BCUT2D eigenvalue weighted by atomic mass is 32.2. The van der Waals surface area contributed by atoms with Gasteiger partial charge in [-0.25, -0.2) is 18.2 Å². The molecule has 0 spiro atoms. The molecule has 0 aliphatic carbocycles. The first-order valence-corrected chi connectivity index (χ1v) is 16.8. The van der Waals surface area contributed by atoms with E-state index in [4.69, 9.17) is 24.1 Å². The summed E-state index contributed by atoms with van der Waals surface area (Å²) in [5.74, 6) is -1.64. The minimum atomic E-state index is -3.80. The molecule has 272 valence electrons. The number of sulfonamides is 1. The van der Waals surface area contributed by atoms with Crippen molar-refractivity contribution in [2.75, 3.05) is 77.8 Å². The van der Waals surface area contributed by atoms with Crippen molar-refractivity contribution in [1.29, 1.82) is 0 Å². The van der Waals surface area contributed by atoms with Gasteiger partial charge in [-0.2, -0.15) is 0 Å². The highest BCUT2D eigenvalue weighted by Gasteiger charge is 2.15. The number of anilines is 1. The molecule has 0 atom stereocenters. The van der Waals surface area contributed by atoms with Gasteiger partial charge < -0.3 is 34.1 Å². The Balaban J connectivity index is 0.00000183. The van der Waals surface area contributed by atoms with Gasteiger partial charge in [-0.05, 0) is 44.0 Å². The van der Waals surface area contributed by atoms with Crippen LogP contribution in [0.3, 0.4) is 0 Å². The molecule has 0 fully saturated rings.